The topological polar surface area (TPSA) is 38.7 Å². The highest BCUT2D eigenvalue weighted by molar-refractivity contribution is 5.44. The van der Waals surface area contributed by atoms with Crippen LogP contribution in [-0.2, 0) is 5.60 Å². The van der Waals surface area contributed by atoms with Crippen LogP contribution < -0.4 is 9.47 Å². The SMILES string of the molecule is COc1ccc(C2(O)CCCC(C)(C)C2)cc1OC. The van der Waals surface area contributed by atoms with Gasteiger partial charge in [0.2, 0.25) is 0 Å². The van der Waals surface area contributed by atoms with E-state index in [4.69, 9.17) is 9.47 Å². The van der Waals surface area contributed by atoms with Gasteiger partial charge in [-0.3, -0.25) is 0 Å². The van der Waals surface area contributed by atoms with Gasteiger partial charge in [0.15, 0.2) is 11.5 Å². The molecule has 19 heavy (non-hydrogen) atoms. The number of hydrogen-bond donors (Lipinski definition) is 1. The van der Waals surface area contributed by atoms with E-state index in [-0.39, 0.29) is 5.41 Å². The molecule has 0 heterocycles. The summed E-state index contributed by atoms with van der Waals surface area (Å²) >= 11 is 0. The summed E-state index contributed by atoms with van der Waals surface area (Å²) in [7, 11) is 3.24. The molecule has 1 fully saturated rings. The van der Waals surface area contributed by atoms with Gasteiger partial charge in [-0.05, 0) is 48.8 Å². The third-order valence-corrected chi connectivity index (χ3v) is 4.14. The maximum absolute atomic E-state index is 11.0. The Kier molecular flexibility index (Phi) is 3.77. The van der Waals surface area contributed by atoms with Gasteiger partial charge in [0.05, 0.1) is 19.8 Å². The molecule has 1 saturated carbocycles. The van der Waals surface area contributed by atoms with Crippen LogP contribution in [0.25, 0.3) is 0 Å². The van der Waals surface area contributed by atoms with E-state index < -0.39 is 5.60 Å². The molecule has 1 aromatic rings. The fourth-order valence-corrected chi connectivity index (χ4v) is 3.20. The standard InChI is InChI=1S/C16H24O3/c1-15(2)8-5-9-16(17,11-15)12-6-7-13(18-3)14(10-12)19-4/h6-7,10,17H,5,8-9,11H2,1-4H3. The fourth-order valence-electron chi connectivity index (χ4n) is 3.20. The first-order valence-corrected chi connectivity index (χ1v) is 6.85. The monoisotopic (exact) mass is 264 g/mol. The first-order chi connectivity index (χ1) is 8.90. The van der Waals surface area contributed by atoms with Crippen LogP contribution in [0, 0.1) is 5.41 Å². The Labute approximate surface area is 115 Å². The lowest BCUT2D eigenvalue weighted by Gasteiger charge is -2.42. The first-order valence-electron chi connectivity index (χ1n) is 6.85. The molecule has 3 heteroatoms. The molecule has 106 valence electrons. The van der Waals surface area contributed by atoms with Gasteiger partial charge in [0.1, 0.15) is 0 Å². The van der Waals surface area contributed by atoms with Crippen LogP contribution in [0.1, 0.15) is 45.1 Å². The fraction of sp³-hybridized carbons (Fsp3) is 0.625. The molecule has 1 aliphatic rings. The lowest BCUT2D eigenvalue weighted by atomic mass is 9.67. The maximum atomic E-state index is 11.0. The lowest BCUT2D eigenvalue weighted by molar-refractivity contribution is -0.0441. The van der Waals surface area contributed by atoms with Crippen molar-refractivity contribution in [1.82, 2.24) is 0 Å². The van der Waals surface area contributed by atoms with Crippen LogP contribution in [0.4, 0.5) is 0 Å². The first kappa shape index (κ1) is 14.2. The van der Waals surface area contributed by atoms with Crippen LogP contribution in [0.15, 0.2) is 18.2 Å². The van der Waals surface area contributed by atoms with E-state index in [2.05, 4.69) is 13.8 Å². The molecule has 0 aliphatic heterocycles. The maximum Gasteiger partial charge on any atom is 0.161 e. The molecule has 1 aliphatic carbocycles. The van der Waals surface area contributed by atoms with Crippen LogP contribution in [0.2, 0.25) is 0 Å². The van der Waals surface area contributed by atoms with Gasteiger partial charge in [0.25, 0.3) is 0 Å². The predicted octanol–water partition coefficient (Wildman–Crippen LogP) is 3.49. The average Bonchev–Trinajstić information content (AvgIpc) is 2.36. The second-order valence-electron chi connectivity index (χ2n) is 6.30. The molecular weight excluding hydrogens is 240 g/mol. The van der Waals surface area contributed by atoms with Gasteiger partial charge in [-0.1, -0.05) is 19.9 Å². The van der Waals surface area contributed by atoms with Crippen molar-refractivity contribution in [2.24, 2.45) is 5.41 Å². The van der Waals surface area contributed by atoms with Crippen LogP contribution in [0.3, 0.4) is 0 Å². The Morgan fingerprint density at radius 2 is 1.74 bits per heavy atom. The molecule has 1 unspecified atom stereocenters. The summed E-state index contributed by atoms with van der Waals surface area (Å²) in [6.45, 7) is 4.44. The van der Waals surface area contributed by atoms with Gasteiger partial charge in [-0.2, -0.15) is 0 Å². The van der Waals surface area contributed by atoms with E-state index in [0.29, 0.717) is 11.5 Å². The van der Waals surface area contributed by atoms with Crippen LogP contribution >= 0.6 is 0 Å². The minimum atomic E-state index is -0.749. The van der Waals surface area contributed by atoms with Crippen molar-refractivity contribution >= 4 is 0 Å². The molecule has 0 spiro atoms. The van der Waals surface area contributed by atoms with Gasteiger partial charge in [-0.25, -0.2) is 0 Å². The average molecular weight is 264 g/mol. The van der Waals surface area contributed by atoms with Crippen molar-refractivity contribution in [3.8, 4) is 11.5 Å². The minimum Gasteiger partial charge on any atom is -0.493 e. The quantitative estimate of drug-likeness (QED) is 0.908. The Balaban J connectivity index is 2.35. The Bertz CT molecular complexity index is 453. The van der Waals surface area contributed by atoms with E-state index in [1.807, 2.05) is 18.2 Å². The summed E-state index contributed by atoms with van der Waals surface area (Å²) in [5, 5.41) is 11.0. The van der Waals surface area contributed by atoms with Gasteiger partial charge in [-0.15, -0.1) is 0 Å². The van der Waals surface area contributed by atoms with Crippen molar-refractivity contribution in [3.05, 3.63) is 23.8 Å². The van der Waals surface area contributed by atoms with Crippen molar-refractivity contribution in [2.75, 3.05) is 14.2 Å². The number of rotatable bonds is 3. The molecule has 1 aromatic carbocycles. The second-order valence-corrected chi connectivity index (χ2v) is 6.30. The van der Waals surface area contributed by atoms with E-state index >= 15 is 0 Å². The largest absolute Gasteiger partial charge is 0.493 e. The highest BCUT2D eigenvalue weighted by Crippen LogP contribution is 2.47. The number of methoxy groups -OCH3 is 2. The zero-order valence-corrected chi connectivity index (χ0v) is 12.3. The van der Waals surface area contributed by atoms with Gasteiger partial charge >= 0.3 is 0 Å². The third-order valence-electron chi connectivity index (χ3n) is 4.14. The van der Waals surface area contributed by atoms with Crippen molar-refractivity contribution in [3.63, 3.8) is 0 Å². The predicted molar refractivity (Wildman–Crippen MR) is 75.7 cm³/mol. The normalized spacial score (nSPS) is 25.9. The molecular formula is C16H24O3. The molecule has 0 radical (unpaired) electrons. The molecule has 0 aromatic heterocycles. The van der Waals surface area contributed by atoms with Gasteiger partial charge in [0, 0.05) is 0 Å². The Morgan fingerprint density at radius 1 is 1.05 bits per heavy atom. The summed E-state index contributed by atoms with van der Waals surface area (Å²) in [6.07, 6.45) is 3.82. The molecule has 0 amide bonds. The number of aliphatic hydroxyl groups is 1. The smallest absolute Gasteiger partial charge is 0.161 e. The number of benzene rings is 1. The number of ether oxygens (including phenoxy) is 2. The van der Waals surface area contributed by atoms with Crippen molar-refractivity contribution in [2.45, 2.75) is 45.1 Å². The molecule has 1 N–H and O–H groups in total. The summed E-state index contributed by atoms with van der Waals surface area (Å²) in [5.41, 5.74) is 0.361. The van der Waals surface area contributed by atoms with E-state index in [1.54, 1.807) is 14.2 Å². The van der Waals surface area contributed by atoms with Crippen molar-refractivity contribution in [1.29, 1.82) is 0 Å². The van der Waals surface area contributed by atoms with Crippen LogP contribution in [-0.4, -0.2) is 19.3 Å². The molecule has 0 bridgehead atoms. The summed E-state index contributed by atoms with van der Waals surface area (Å²) < 4.78 is 10.6. The van der Waals surface area contributed by atoms with Gasteiger partial charge < -0.3 is 14.6 Å². The zero-order valence-electron chi connectivity index (χ0n) is 12.3. The highest BCUT2D eigenvalue weighted by Gasteiger charge is 2.39. The highest BCUT2D eigenvalue weighted by atomic mass is 16.5. The summed E-state index contributed by atoms with van der Waals surface area (Å²) in [5.74, 6) is 1.38. The summed E-state index contributed by atoms with van der Waals surface area (Å²) in [4.78, 5) is 0. The number of hydrogen-bond acceptors (Lipinski definition) is 3. The lowest BCUT2D eigenvalue weighted by Crippen LogP contribution is -2.36. The second kappa shape index (κ2) is 5.04. The van der Waals surface area contributed by atoms with E-state index in [1.165, 1.54) is 6.42 Å². The molecule has 3 nitrogen and oxygen atoms in total. The Morgan fingerprint density at radius 3 is 2.32 bits per heavy atom. The van der Waals surface area contributed by atoms with E-state index in [9.17, 15) is 5.11 Å². The molecule has 0 saturated heterocycles. The zero-order chi connectivity index (χ0) is 14.1. The third kappa shape index (κ3) is 2.86. The van der Waals surface area contributed by atoms with E-state index in [0.717, 1.165) is 24.8 Å². The van der Waals surface area contributed by atoms with Crippen molar-refractivity contribution < 1.29 is 14.6 Å². The molecule has 1 atom stereocenters. The minimum absolute atomic E-state index is 0.181. The Hall–Kier alpha value is -1.22. The molecule has 2 rings (SSSR count). The summed E-state index contributed by atoms with van der Waals surface area (Å²) in [6, 6.07) is 5.72. The van der Waals surface area contributed by atoms with Crippen LogP contribution in [0.5, 0.6) is 11.5 Å².